The Morgan fingerprint density at radius 2 is 2.05 bits per heavy atom. The van der Waals surface area contributed by atoms with E-state index in [0.717, 1.165) is 19.4 Å². The van der Waals surface area contributed by atoms with E-state index in [1.807, 2.05) is 6.07 Å². The lowest BCUT2D eigenvalue weighted by Crippen LogP contribution is -2.46. The first kappa shape index (κ1) is 14.5. The summed E-state index contributed by atoms with van der Waals surface area (Å²) in [4.78, 5) is 13.7. The lowest BCUT2D eigenvalue weighted by molar-refractivity contribution is -0.372. The number of benzene rings is 1. The van der Waals surface area contributed by atoms with Gasteiger partial charge in [-0.05, 0) is 45.3 Å². The van der Waals surface area contributed by atoms with Gasteiger partial charge in [0.15, 0.2) is 0 Å². The summed E-state index contributed by atoms with van der Waals surface area (Å²) in [6.45, 7) is 6.00. The molecule has 0 aliphatic carbocycles. The molecule has 2 atom stereocenters. The van der Waals surface area contributed by atoms with Gasteiger partial charge in [0.05, 0.1) is 6.61 Å². The average molecular weight is 263 g/mol. The minimum absolute atomic E-state index is 0.367. The predicted molar refractivity (Wildman–Crippen MR) is 76.8 cm³/mol. The highest BCUT2D eigenvalue weighted by Gasteiger charge is 2.42. The molecule has 3 nitrogen and oxygen atoms in total. The number of hydrogen-bond acceptors (Lipinski definition) is 3. The fourth-order valence-electron chi connectivity index (χ4n) is 2.92. The van der Waals surface area contributed by atoms with Crippen molar-refractivity contribution < 1.29 is 9.78 Å². The average Bonchev–Trinajstić information content (AvgIpc) is 2.87. The van der Waals surface area contributed by atoms with Crippen LogP contribution in [0.15, 0.2) is 30.3 Å². The van der Waals surface area contributed by atoms with E-state index >= 15 is 0 Å². The first-order valence-electron chi connectivity index (χ1n) is 7.25. The first-order chi connectivity index (χ1) is 9.18. The van der Waals surface area contributed by atoms with E-state index in [9.17, 15) is 0 Å². The van der Waals surface area contributed by atoms with Crippen molar-refractivity contribution in [3.8, 4) is 0 Å². The Bertz CT molecular complexity index is 382. The summed E-state index contributed by atoms with van der Waals surface area (Å²) in [5.74, 6) is 0. The van der Waals surface area contributed by atoms with Crippen molar-refractivity contribution in [3.63, 3.8) is 0 Å². The zero-order valence-corrected chi connectivity index (χ0v) is 12.3. The zero-order valence-electron chi connectivity index (χ0n) is 12.3. The van der Waals surface area contributed by atoms with E-state index in [1.165, 1.54) is 12.0 Å². The van der Waals surface area contributed by atoms with Gasteiger partial charge in [0.1, 0.15) is 5.60 Å². The molecule has 2 rings (SSSR count). The standard InChI is InChI=1S/C16H25NO2/c1-4-13-18-19-16(2,14-9-6-5-7-10-14)15-11-8-12-17(15)3/h5-7,9-10,15H,4,8,11-13H2,1-3H3/t15-,16+/m0/s1. The maximum atomic E-state index is 5.87. The van der Waals surface area contributed by atoms with Crippen LogP contribution in [-0.4, -0.2) is 31.1 Å². The Morgan fingerprint density at radius 3 is 2.63 bits per heavy atom. The second-order valence-corrected chi connectivity index (χ2v) is 5.52. The quantitative estimate of drug-likeness (QED) is 0.446. The fourth-order valence-corrected chi connectivity index (χ4v) is 2.92. The van der Waals surface area contributed by atoms with Crippen molar-refractivity contribution in [3.05, 3.63) is 35.9 Å². The Hall–Kier alpha value is -0.900. The van der Waals surface area contributed by atoms with Crippen LogP contribution in [0.4, 0.5) is 0 Å². The van der Waals surface area contributed by atoms with Gasteiger partial charge in [-0.15, -0.1) is 0 Å². The molecule has 1 aliphatic rings. The summed E-state index contributed by atoms with van der Waals surface area (Å²) in [5, 5.41) is 0. The highest BCUT2D eigenvalue weighted by atomic mass is 17.2. The van der Waals surface area contributed by atoms with Gasteiger partial charge in [0.25, 0.3) is 0 Å². The van der Waals surface area contributed by atoms with E-state index in [4.69, 9.17) is 9.78 Å². The normalized spacial score (nSPS) is 23.4. The van der Waals surface area contributed by atoms with Gasteiger partial charge in [-0.25, -0.2) is 9.78 Å². The molecule has 3 heteroatoms. The molecule has 106 valence electrons. The van der Waals surface area contributed by atoms with Crippen LogP contribution in [0.5, 0.6) is 0 Å². The SMILES string of the molecule is CCCOO[C@](C)(c1ccccc1)[C@@H]1CCCN1C. The summed E-state index contributed by atoms with van der Waals surface area (Å²) in [6.07, 6.45) is 3.34. The molecule has 19 heavy (non-hydrogen) atoms. The minimum Gasteiger partial charge on any atom is -0.300 e. The van der Waals surface area contributed by atoms with Gasteiger partial charge in [-0.1, -0.05) is 37.3 Å². The van der Waals surface area contributed by atoms with Crippen molar-refractivity contribution >= 4 is 0 Å². The minimum atomic E-state index is -0.401. The number of likely N-dealkylation sites (N-methyl/N-ethyl adjacent to an activating group) is 1. The summed E-state index contributed by atoms with van der Waals surface area (Å²) >= 11 is 0. The third kappa shape index (κ3) is 3.16. The number of likely N-dealkylation sites (tertiary alicyclic amines) is 1. The third-order valence-corrected chi connectivity index (χ3v) is 4.02. The van der Waals surface area contributed by atoms with Crippen LogP contribution in [0.3, 0.4) is 0 Å². The van der Waals surface area contributed by atoms with Gasteiger partial charge in [-0.2, -0.15) is 0 Å². The molecule has 0 aromatic heterocycles. The molecule has 1 aromatic rings. The monoisotopic (exact) mass is 263 g/mol. The van der Waals surface area contributed by atoms with Crippen molar-refractivity contribution in [1.29, 1.82) is 0 Å². The third-order valence-electron chi connectivity index (χ3n) is 4.02. The summed E-state index contributed by atoms with van der Waals surface area (Å²) < 4.78 is 0. The lowest BCUT2D eigenvalue weighted by Gasteiger charge is -2.38. The topological polar surface area (TPSA) is 21.7 Å². The van der Waals surface area contributed by atoms with E-state index in [-0.39, 0.29) is 0 Å². The van der Waals surface area contributed by atoms with Crippen molar-refractivity contribution in [1.82, 2.24) is 4.90 Å². The Balaban J connectivity index is 2.21. The molecule has 0 radical (unpaired) electrons. The smallest absolute Gasteiger partial charge is 0.141 e. The van der Waals surface area contributed by atoms with Gasteiger partial charge in [0.2, 0.25) is 0 Å². The molecule has 0 bridgehead atoms. The van der Waals surface area contributed by atoms with Crippen LogP contribution in [0.25, 0.3) is 0 Å². The molecule has 0 saturated carbocycles. The predicted octanol–water partition coefficient (Wildman–Crippen LogP) is 3.35. The maximum Gasteiger partial charge on any atom is 0.141 e. The Kier molecular flexibility index (Phi) is 4.97. The van der Waals surface area contributed by atoms with Crippen molar-refractivity contribution in [2.75, 3.05) is 20.2 Å². The first-order valence-corrected chi connectivity index (χ1v) is 7.25. The Morgan fingerprint density at radius 1 is 1.32 bits per heavy atom. The molecule has 1 aromatic carbocycles. The maximum absolute atomic E-state index is 5.87. The van der Waals surface area contributed by atoms with Gasteiger partial charge < -0.3 is 4.90 Å². The highest BCUT2D eigenvalue weighted by Crippen LogP contribution is 2.37. The molecule has 0 N–H and O–H groups in total. The van der Waals surface area contributed by atoms with Crippen LogP contribution < -0.4 is 0 Å². The van der Waals surface area contributed by atoms with Crippen molar-refractivity contribution in [2.45, 2.75) is 44.8 Å². The van der Waals surface area contributed by atoms with E-state index in [1.54, 1.807) is 0 Å². The number of rotatable bonds is 6. The largest absolute Gasteiger partial charge is 0.300 e. The van der Waals surface area contributed by atoms with Crippen LogP contribution in [0.1, 0.15) is 38.7 Å². The van der Waals surface area contributed by atoms with Crippen LogP contribution in [0.2, 0.25) is 0 Å². The molecular formula is C16H25NO2. The van der Waals surface area contributed by atoms with Crippen molar-refractivity contribution in [2.24, 2.45) is 0 Å². The second kappa shape index (κ2) is 6.51. The van der Waals surface area contributed by atoms with E-state index < -0.39 is 5.60 Å². The highest BCUT2D eigenvalue weighted by molar-refractivity contribution is 5.24. The molecule has 0 amide bonds. The lowest BCUT2D eigenvalue weighted by atomic mass is 9.87. The van der Waals surface area contributed by atoms with Gasteiger partial charge in [0, 0.05) is 6.04 Å². The summed E-state index contributed by atoms with van der Waals surface area (Å²) in [6, 6.07) is 10.8. The second-order valence-electron chi connectivity index (χ2n) is 5.52. The number of nitrogens with zero attached hydrogens (tertiary/aromatic N) is 1. The number of hydrogen-bond donors (Lipinski definition) is 0. The summed E-state index contributed by atoms with van der Waals surface area (Å²) in [5.41, 5.74) is 0.784. The van der Waals surface area contributed by atoms with E-state index in [0.29, 0.717) is 12.6 Å². The molecule has 1 saturated heterocycles. The Labute approximate surface area is 116 Å². The molecule has 1 aliphatic heterocycles. The molecule has 1 heterocycles. The van der Waals surface area contributed by atoms with Gasteiger partial charge >= 0.3 is 0 Å². The summed E-state index contributed by atoms with van der Waals surface area (Å²) in [7, 11) is 2.17. The molecule has 0 spiro atoms. The van der Waals surface area contributed by atoms with Crippen LogP contribution >= 0.6 is 0 Å². The van der Waals surface area contributed by atoms with Crippen LogP contribution in [0, 0.1) is 0 Å². The van der Waals surface area contributed by atoms with E-state index in [2.05, 4.69) is 50.1 Å². The van der Waals surface area contributed by atoms with Gasteiger partial charge in [-0.3, -0.25) is 0 Å². The molecule has 0 unspecified atom stereocenters. The molecular weight excluding hydrogens is 238 g/mol. The zero-order chi connectivity index (χ0) is 13.7. The molecule has 1 fully saturated rings. The fraction of sp³-hybridized carbons (Fsp3) is 0.625. The van der Waals surface area contributed by atoms with Crippen LogP contribution in [-0.2, 0) is 15.4 Å².